The van der Waals surface area contributed by atoms with E-state index in [1.54, 1.807) is 19.2 Å². The first-order valence-corrected chi connectivity index (χ1v) is 4.50. The molecular weight excluding hydrogens is 194 g/mol. The molecule has 0 aliphatic heterocycles. The molecule has 0 amide bonds. The molecule has 2 heterocycles. The van der Waals surface area contributed by atoms with Gasteiger partial charge in [-0.1, -0.05) is 0 Å². The normalized spacial score (nSPS) is 10.5. The molecule has 2 aromatic heterocycles. The fourth-order valence-electron chi connectivity index (χ4n) is 1.23. The predicted molar refractivity (Wildman–Crippen MR) is 54.3 cm³/mol. The molecular formula is C9H11N5O. The number of hydrogen-bond acceptors (Lipinski definition) is 4. The van der Waals surface area contributed by atoms with Gasteiger partial charge in [0.2, 0.25) is 0 Å². The SMILES string of the molecule is Cc1nn(C(=O)Cc2ccn[nH]2)cc1N. The van der Waals surface area contributed by atoms with Crippen LogP contribution in [0.3, 0.4) is 0 Å². The summed E-state index contributed by atoms with van der Waals surface area (Å²) in [4.78, 5) is 11.7. The van der Waals surface area contributed by atoms with Crippen LogP contribution in [-0.4, -0.2) is 25.9 Å². The van der Waals surface area contributed by atoms with Crippen molar-refractivity contribution in [2.75, 3.05) is 5.73 Å². The molecule has 3 N–H and O–H groups in total. The zero-order valence-electron chi connectivity index (χ0n) is 8.27. The van der Waals surface area contributed by atoms with Crippen LogP contribution in [0.4, 0.5) is 5.69 Å². The summed E-state index contributed by atoms with van der Waals surface area (Å²) in [6, 6.07) is 1.75. The van der Waals surface area contributed by atoms with Crippen molar-refractivity contribution in [1.82, 2.24) is 20.0 Å². The van der Waals surface area contributed by atoms with Gasteiger partial charge in [-0.15, -0.1) is 0 Å². The van der Waals surface area contributed by atoms with E-state index in [4.69, 9.17) is 5.73 Å². The number of carbonyl (C=O) groups is 1. The highest BCUT2D eigenvalue weighted by molar-refractivity contribution is 5.80. The van der Waals surface area contributed by atoms with Crippen molar-refractivity contribution in [3.05, 3.63) is 29.8 Å². The third-order valence-electron chi connectivity index (χ3n) is 2.09. The van der Waals surface area contributed by atoms with Crippen molar-refractivity contribution in [2.45, 2.75) is 13.3 Å². The summed E-state index contributed by atoms with van der Waals surface area (Å²) < 4.78 is 1.26. The van der Waals surface area contributed by atoms with Crippen LogP contribution in [0.15, 0.2) is 18.5 Å². The number of aryl methyl sites for hydroxylation is 1. The van der Waals surface area contributed by atoms with Gasteiger partial charge in [-0.05, 0) is 13.0 Å². The number of aromatic amines is 1. The minimum Gasteiger partial charge on any atom is -0.396 e. The van der Waals surface area contributed by atoms with E-state index in [-0.39, 0.29) is 12.3 Å². The van der Waals surface area contributed by atoms with E-state index in [0.29, 0.717) is 11.4 Å². The molecule has 0 saturated carbocycles. The Kier molecular flexibility index (Phi) is 2.24. The van der Waals surface area contributed by atoms with Gasteiger partial charge in [0.25, 0.3) is 5.91 Å². The molecule has 0 radical (unpaired) electrons. The molecule has 6 heteroatoms. The summed E-state index contributed by atoms with van der Waals surface area (Å²) >= 11 is 0. The minimum absolute atomic E-state index is 0.140. The summed E-state index contributed by atoms with van der Waals surface area (Å²) in [5.41, 5.74) is 7.53. The summed E-state index contributed by atoms with van der Waals surface area (Å²) in [5, 5.41) is 10.5. The molecule has 2 aromatic rings. The number of rotatable bonds is 2. The number of aromatic nitrogens is 4. The molecule has 0 unspecified atom stereocenters. The molecule has 0 spiro atoms. The van der Waals surface area contributed by atoms with Gasteiger partial charge in [0.15, 0.2) is 0 Å². The molecule has 0 aromatic carbocycles. The van der Waals surface area contributed by atoms with E-state index in [1.165, 1.54) is 10.9 Å². The average molecular weight is 205 g/mol. The Morgan fingerprint density at radius 3 is 3.00 bits per heavy atom. The van der Waals surface area contributed by atoms with Gasteiger partial charge in [0.05, 0.1) is 24.0 Å². The lowest BCUT2D eigenvalue weighted by Gasteiger charge is -1.97. The predicted octanol–water partition coefficient (Wildman–Crippen LogP) is 0.380. The lowest BCUT2D eigenvalue weighted by molar-refractivity contribution is 0.0897. The number of nitrogen functional groups attached to an aromatic ring is 1. The zero-order chi connectivity index (χ0) is 10.8. The minimum atomic E-state index is -0.140. The monoisotopic (exact) mass is 205 g/mol. The van der Waals surface area contributed by atoms with Crippen molar-refractivity contribution in [3.8, 4) is 0 Å². The number of nitrogens with one attached hydrogen (secondary N) is 1. The molecule has 2 rings (SSSR count). The molecule has 78 valence electrons. The number of nitrogens with two attached hydrogens (primary N) is 1. The van der Waals surface area contributed by atoms with Crippen LogP contribution < -0.4 is 5.73 Å². The topological polar surface area (TPSA) is 89.6 Å². The number of anilines is 1. The van der Waals surface area contributed by atoms with Crippen molar-refractivity contribution < 1.29 is 4.79 Å². The van der Waals surface area contributed by atoms with Gasteiger partial charge < -0.3 is 5.73 Å². The quantitative estimate of drug-likeness (QED) is 0.741. The first-order valence-electron chi connectivity index (χ1n) is 4.50. The van der Waals surface area contributed by atoms with Gasteiger partial charge in [-0.2, -0.15) is 10.2 Å². The Morgan fingerprint density at radius 1 is 1.67 bits per heavy atom. The van der Waals surface area contributed by atoms with Crippen LogP contribution >= 0.6 is 0 Å². The van der Waals surface area contributed by atoms with Crippen molar-refractivity contribution in [3.63, 3.8) is 0 Å². The van der Waals surface area contributed by atoms with Gasteiger partial charge in [-0.3, -0.25) is 9.89 Å². The first-order chi connectivity index (χ1) is 7.16. The van der Waals surface area contributed by atoms with Gasteiger partial charge in [-0.25, -0.2) is 4.68 Å². The van der Waals surface area contributed by atoms with E-state index in [1.807, 2.05) is 0 Å². The maximum atomic E-state index is 11.7. The van der Waals surface area contributed by atoms with Crippen molar-refractivity contribution in [2.24, 2.45) is 0 Å². The molecule has 0 fully saturated rings. The number of nitrogens with zero attached hydrogens (tertiary/aromatic N) is 3. The Balaban J connectivity index is 2.15. The highest BCUT2D eigenvalue weighted by Crippen LogP contribution is 2.07. The summed E-state index contributed by atoms with van der Waals surface area (Å²) in [6.07, 6.45) is 3.36. The summed E-state index contributed by atoms with van der Waals surface area (Å²) in [6.45, 7) is 1.76. The molecule has 0 bridgehead atoms. The van der Waals surface area contributed by atoms with E-state index in [9.17, 15) is 4.79 Å². The highest BCUT2D eigenvalue weighted by atomic mass is 16.2. The average Bonchev–Trinajstić information content (AvgIpc) is 2.78. The largest absolute Gasteiger partial charge is 0.396 e. The Hall–Kier alpha value is -2.11. The molecule has 0 atom stereocenters. The Labute approximate surface area is 86.1 Å². The number of H-pyrrole nitrogens is 1. The van der Waals surface area contributed by atoms with Crippen LogP contribution in [0, 0.1) is 6.92 Å². The van der Waals surface area contributed by atoms with E-state index >= 15 is 0 Å². The van der Waals surface area contributed by atoms with Crippen LogP contribution in [0.25, 0.3) is 0 Å². The van der Waals surface area contributed by atoms with Gasteiger partial charge >= 0.3 is 0 Å². The molecule has 6 nitrogen and oxygen atoms in total. The Morgan fingerprint density at radius 2 is 2.47 bits per heavy atom. The molecule has 0 saturated heterocycles. The van der Waals surface area contributed by atoms with Crippen molar-refractivity contribution in [1.29, 1.82) is 0 Å². The maximum Gasteiger partial charge on any atom is 0.252 e. The second-order valence-corrected chi connectivity index (χ2v) is 3.27. The molecule has 0 aliphatic carbocycles. The second-order valence-electron chi connectivity index (χ2n) is 3.27. The van der Waals surface area contributed by atoms with Crippen LogP contribution in [0.1, 0.15) is 16.2 Å². The lowest BCUT2D eigenvalue weighted by atomic mass is 10.3. The van der Waals surface area contributed by atoms with E-state index in [2.05, 4.69) is 15.3 Å². The molecule has 15 heavy (non-hydrogen) atoms. The van der Waals surface area contributed by atoms with E-state index in [0.717, 1.165) is 5.69 Å². The van der Waals surface area contributed by atoms with Crippen molar-refractivity contribution >= 4 is 11.6 Å². The molecule has 0 aliphatic rings. The maximum absolute atomic E-state index is 11.7. The lowest BCUT2D eigenvalue weighted by Crippen LogP contribution is -2.14. The van der Waals surface area contributed by atoms with Crippen LogP contribution in [0.5, 0.6) is 0 Å². The smallest absolute Gasteiger partial charge is 0.252 e. The van der Waals surface area contributed by atoms with Crippen LogP contribution in [-0.2, 0) is 6.42 Å². The fourth-order valence-corrected chi connectivity index (χ4v) is 1.23. The van der Waals surface area contributed by atoms with Gasteiger partial charge in [0, 0.05) is 11.9 Å². The van der Waals surface area contributed by atoms with E-state index < -0.39 is 0 Å². The third kappa shape index (κ3) is 1.88. The summed E-state index contributed by atoms with van der Waals surface area (Å²) in [7, 11) is 0. The first kappa shape index (κ1) is 9.45. The van der Waals surface area contributed by atoms with Crippen LogP contribution in [0.2, 0.25) is 0 Å². The summed E-state index contributed by atoms with van der Waals surface area (Å²) in [5.74, 6) is -0.140. The Bertz CT molecular complexity index is 451. The fraction of sp³-hybridized carbons (Fsp3) is 0.222. The standard InChI is InChI=1S/C9H11N5O/c1-6-8(10)5-14(13-6)9(15)4-7-2-3-11-12-7/h2-3,5H,4,10H2,1H3,(H,11,12). The third-order valence-corrected chi connectivity index (χ3v) is 2.09. The highest BCUT2D eigenvalue weighted by Gasteiger charge is 2.10. The number of carbonyl (C=O) groups excluding carboxylic acids is 1. The zero-order valence-corrected chi connectivity index (χ0v) is 8.27. The van der Waals surface area contributed by atoms with Gasteiger partial charge in [0.1, 0.15) is 0 Å². The number of hydrogen-bond donors (Lipinski definition) is 2. The second kappa shape index (κ2) is 3.56.